The number of rotatable bonds is 4. The van der Waals surface area contributed by atoms with Crippen molar-refractivity contribution in [1.29, 1.82) is 0 Å². The van der Waals surface area contributed by atoms with Crippen LogP contribution in [0.4, 0.5) is 5.69 Å². The number of carbonyl (C=O) groups excluding carboxylic acids is 2. The molecule has 0 fully saturated rings. The smallest absolute Gasteiger partial charge is 0.221 e. The Bertz CT molecular complexity index is 802. The maximum absolute atomic E-state index is 12.5. The van der Waals surface area contributed by atoms with E-state index in [1.165, 1.54) is 18.3 Å². The van der Waals surface area contributed by atoms with Gasteiger partial charge in [-0.15, -0.1) is 0 Å². The number of thiophene rings is 1. The summed E-state index contributed by atoms with van der Waals surface area (Å²) < 4.78 is 0. The maximum atomic E-state index is 12.5. The number of carbonyl (C=O) groups is 2. The minimum absolute atomic E-state index is 0.00318. The highest BCUT2D eigenvalue weighted by Crippen LogP contribution is 2.27. The number of aromatic nitrogens is 1. The third-order valence-electron chi connectivity index (χ3n) is 3.29. The summed E-state index contributed by atoms with van der Waals surface area (Å²) in [5.41, 5.74) is 3.85. The zero-order chi connectivity index (χ0) is 15.5. The van der Waals surface area contributed by atoms with E-state index in [9.17, 15) is 9.59 Å². The SMILES string of the molecule is CC(=O)Nc1ccc(-c2c[nH]cc2C(=O)c2ccsc2)cc1. The number of benzene rings is 1. The molecule has 0 radical (unpaired) electrons. The van der Waals surface area contributed by atoms with E-state index in [0.29, 0.717) is 11.1 Å². The lowest BCUT2D eigenvalue weighted by Gasteiger charge is -2.05. The van der Waals surface area contributed by atoms with E-state index in [0.717, 1.165) is 16.8 Å². The molecule has 3 rings (SSSR count). The van der Waals surface area contributed by atoms with Crippen molar-refractivity contribution in [2.75, 3.05) is 5.32 Å². The highest BCUT2D eigenvalue weighted by molar-refractivity contribution is 7.08. The van der Waals surface area contributed by atoms with Gasteiger partial charge in [-0.2, -0.15) is 11.3 Å². The Morgan fingerprint density at radius 3 is 2.50 bits per heavy atom. The van der Waals surface area contributed by atoms with E-state index in [1.807, 2.05) is 47.3 Å². The van der Waals surface area contributed by atoms with Crippen molar-refractivity contribution in [2.45, 2.75) is 6.92 Å². The molecular weight excluding hydrogens is 296 g/mol. The lowest BCUT2D eigenvalue weighted by Crippen LogP contribution is -2.05. The van der Waals surface area contributed by atoms with Crippen LogP contribution in [0.15, 0.2) is 53.5 Å². The Hall–Kier alpha value is -2.66. The molecule has 0 aliphatic rings. The molecular formula is C17H14N2O2S. The van der Waals surface area contributed by atoms with Crippen LogP contribution in [0.3, 0.4) is 0 Å². The quantitative estimate of drug-likeness (QED) is 0.717. The first-order chi connectivity index (χ1) is 10.6. The Morgan fingerprint density at radius 2 is 1.86 bits per heavy atom. The molecule has 1 aromatic carbocycles. The Morgan fingerprint density at radius 1 is 1.09 bits per heavy atom. The molecule has 0 bridgehead atoms. The number of anilines is 1. The van der Waals surface area contributed by atoms with Crippen LogP contribution < -0.4 is 5.32 Å². The third kappa shape index (κ3) is 2.84. The number of aromatic amines is 1. The van der Waals surface area contributed by atoms with Crippen LogP contribution in [-0.2, 0) is 4.79 Å². The number of H-pyrrole nitrogens is 1. The molecule has 0 atom stereocenters. The third-order valence-corrected chi connectivity index (χ3v) is 3.97. The van der Waals surface area contributed by atoms with Gasteiger partial charge < -0.3 is 10.3 Å². The Labute approximate surface area is 131 Å². The summed E-state index contributed by atoms with van der Waals surface area (Å²) in [6.07, 6.45) is 3.53. The molecule has 0 aliphatic carbocycles. The number of nitrogens with one attached hydrogen (secondary N) is 2. The second-order valence-electron chi connectivity index (χ2n) is 4.88. The van der Waals surface area contributed by atoms with E-state index in [4.69, 9.17) is 0 Å². The van der Waals surface area contributed by atoms with Gasteiger partial charge in [0.1, 0.15) is 0 Å². The summed E-state index contributed by atoms with van der Waals surface area (Å²) in [6, 6.07) is 9.24. The van der Waals surface area contributed by atoms with Crippen molar-refractivity contribution in [3.63, 3.8) is 0 Å². The summed E-state index contributed by atoms with van der Waals surface area (Å²) in [4.78, 5) is 26.5. The fraction of sp³-hybridized carbons (Fsp3) is 0.0588. The first-order valence-electron chi connectivity index (χ1n) is 6.77. The highest BCUT2D eigenvalue weighted by atomic mass is 32.1. The van der Waals surface area contributed by atoms with Crippen LogP contribution in [0.5, 0.6) is 0 Å². The van der Waals surface area contributed by atoms with Crippen LogP contribution in [0.2, 0.25) is 0 Å². The Kier molecular flexibility index (Phi) is 3.89. The lowest BCUT2D eigenvalue weighted by molar-refractivity contribution is -0.114. The van der Waals surface area contributed by atoms with E-state index in [1.54, 1.807) is 6.20 Å². The molecule has 1 amide bonds. The molecule has 0 spiro atoms. The molecule has 5 heteroatoms. The maximum Gasteiger partial charge on any atom is 0.221 e. The molecule has 0 saturated carbocycles. The largest absolute Gasteiger partial charge is 0.366 e. The van der Waals surface area contributed by atoms with Gasteiger partial charge in [0.15, 0.2) is 5.78 Å². The average molecular weight is 310 g/mol. The molecule has 2 N–H and O–H groups in total. The summed E-state index contributed by atoms with van der Waals surface area (Å²) in [5, 5.41) is 6.46. The predicted molar refractivity (Wildman–Crippen MR) is 88.3 cm³/mol. The minimum atomic E-state index is -0.109. The molecule has 2 heterocycles. The normalized spacial score (nSPS) is 10.4. The van der Waals surface area contributed by atoms with Crippen LogP contribution in [0.1, 0.15) is 22.8 Å². The van der Waals surface area contributed by atoms with E-state index < -0.39 is 0 Å². The van der Waals surface area contributed by atoms with E-state index >= 15 is 0 Å². The van der Waals surface area contributed by atoms with Crippen molar-refractivity contribution in [1.82, 2.24) is 4.98 Å². The molecule has 4 nitrogen and oxygen atoms in total. The van der Waals surface area contributed by atoms with Gasteiger partial charge in [0.05, 0.1) is 0 Å². The average Bonchev–Trinajstić information content (AvgIpc) is 3.18. The summed E-state index contributed by atoms with van der Waals surface area (Å²) >= 11 is 1.50. The van der Waals surface area contributed by atoms with Gasteiger partial charge in [-0.05, 0) is 29.1 Å². The Balaban J connectivity index is 1.92. The molecule has 0 aliphatic heterocycles. The molecule has 110 valence electrons. The van der Waals surface area contributed by atoms with Crippen LogP contribution in [-0.4, -0.2) is 16.7 Å². The summed E-state index contributed by atoms with van der Waals surface area (Å²) in [7, 11) is 0. The van der Waals surface area contributed by atoms with Gasteiger partial charge in [-0.25, -0.2) is 0 Å². The van der Waals surface area contributed by atoms with Crippen molar-refractivity contribution in [3.05, 3.63) is 64.6 Å². The predicted octanol–water partition coefficient (Wildman–Crippen LogP) is 3.93. The second kappa shape index (κ2) is 5.99. The lowest BCUT2D eigenvalue weighted by atomic mass is 9.99. The first kappa shape index (κ1) is 14.3. The fourth-order valence-electron chi connectivity index (χ4n) is 2.28. The second-order valence-corrected chi connectivity index (χ2v) is 5.66. The molecule has 3 aromatic rings. The first-order valence-corrected chi connectivity index (χ1v) is 7.71. The topological polar surface area (TPSA) is 62.0 Å². The van der Waals surface area contributed by atoms with Crippen LogP contribution >= 0.6 is 11.3 Å². The van der Waals surface area contributed by atoms with Gasteiger partial charge in [0, 0.05) is 47.1 Å². The minimum Gasteiger partial charge on any atom is -0.366 e. The van der Waals surface area contributed by atoms with Gasteiger partial charge in [0.2, 0.25) is 5.91 Å². The van der Waals surface area contributed by atoms with Crippen molar-refractivity contribution in [2.24, 2.45) is 0 Å². The summed E-state index contributed by atoms with van der Waals surface area (Å²) in [5.74, 6) is -0.105. The summed E-state index contributed by atoms with van der Waals surface area (Å²) in [6.45, 7) is 1.47. The molecule has 22 heavy (non-hydrogen) atoms. The van der Waals surface area contributed by atoms with Gasteiger partial charge in [-0.3, -0.25) is 9.59 Å². The fourth-order valence-corrected chi connectivity index (χ4v) is 2.91. The van der Waals surface area contributed by atoms with Crippen LogP contribution in [0.25, 0.3) is 11.1 Å². The zero-order valence-electron chi connectivity index (χ0n) is 11.9. The zero-order valence-corrected chi connectivity index (χ0v) is 12.7. The van der Waals surface area contributed by atoms with E-state index in [2.05, 4.69) is 10.3 Å². The van der Waals surface area contributed by atoms with Crippen molar-refractivity contribution < 1.29 is 9.59 Å². The van der Waals surface area contributed by atoms with Gasteiger partial charge in [-0.1, -0.05) is 12.1 Å². The van der Waals surface area contributed by atoms with E-state index in [-0.39, 0.29) is 11.7 Å². The highest BCUT2D eigenvalue weighted by Gasteiger charge is 2.16. The molecule has 2 aromatic heterocycles. The number of hydrogen-bond acceptors (Lipinski definition) is 3. The number of amides is 1. The molecule has 0 unspecified atom stereocenters. The van der Waals surface area contributed by atoms with Gasteiger partial charge in [0.25, 0.3) is 0 Å². The van der Waals surface area contributed by atoms with Crippen LogP contribution in [0, 0.1) is 0 Å². The van der Waals surface area contributed by atoms with Crippen molar-refractivity contribution >= 4 is 28.7 Å². The number of hydrogen-bond donors (Lipinski definition) is 2. The number of ketones is 1. The molecule has 0 saturated heterocycles. The standard InChI is InChI=1S/C17H14N2O2S/c1-11(20)19-14-4-2-12(3-5-14)15-8-18-9-16(15)17(21)13-6-7-22-10-13/h2-10,18H,1H3,(H,19,20). The van der Waals surface area contributed by atoms with Gasteiger partial charge >= 0.3 is 0 Å². The van der Waals surface area contributed by atoms with Crippen molar-refractivity contribution in [3.8, 4) is 11.1 Å². The monoisotopic (exact) mass is 310 g/mol.